The number of hydrogen-bond acceptors (Lipinski definition) is 0. The van der Waals surface area contributed by atoms with Crippen LogP contribution in [0.5, 0.6) is 0 Å². The van der Waals surface area contributed by atoms with E-state index in [1.54, 1.807) is 0 Å². The van der Waals surface area contributed by atoms with E-state index in [1.165, 1.54) is 70.6 Å². The van der Waals surface area contributed by atoms with Crippen molar-refractivity contribution in [1.29, 1.82) is 0 Å². The van der Waals surface area contributed by atoms with E-state index in [0.29, 0.717) is 0 Å². The van der Waals surface area contributed by atoms with Crippen LogP contribution in [0.4, 0.5) is 0 Å². The summed E-state index contributed by atoms with van der Waals surface area (Å²) in [6.07, 6.45) is 25.6. The SMILES string of the molecule is C#CCCCCCCCCCC=CCCCC. The average Bonchev–Trinajstić information content (AvgIpc) is 2.35. The Morgan fingerprint density at radius 3 is 1.88 bits per heavy atom. The van der Waals surface area contributed by atoms with Crippen molar-refractivity contribution < 1.29 is 0 Å². The lowest BCUT2D eigenvalue weighted by atomic mass is 10.1. The summed E-state index contributed by atoms with van der Waals surface area (Å²) in [4.78, 5) is 0. The van der Waals surface area contributed by atoms with E-state index in [9.17, 15) is 0 Å². The van der Waals surface area contributed by atoms with Crippen LogP contribution in [0.2, 0.25) is 0 Å². The molecule has 0 aromatic heterocycles. The summed E-state index contributed by atoms with van der Waals surface area (Å²) in [6.45, 7) is 2.25. The molecule has 0 heteroatoms. The topological polar surface area (TPSA) is 0 Å². The average molecular weight is 234 g/mol. The lowest BCUT2D eigenvalue weighted by Gasteiger charge is -1.99. The zero-order valence-electron chi connectivity index (χ0n) is 11.7. The third-order valence-corrected chi connectivity index (χ3v) is 3.08. The molecule has 0 saturated carbocycles. The Hall–Kier alpha value is -0.700. The fraction of sp³-hybridized carbons (Fsp3) is 0.765. The predicted octanol–water partition coefficient (Wildman–Crippen LogP) is 5.88. The second-order valence-electron chi connectivity index (χ2n) is 4.83. The molecule has 0 aromatic carbocycles. The van der Waals surface area contributed by atoms with Crippen molar-refractivity contribution in [2.75, 3.05) is 0 Å². The Morgan fingerprint density at radius 1 is 0.765 bits per heavy atom. The van der Waals surface area contributed by atoms with Crippen LogP contribution in [0, 0.1) is 12.3 Å². The highest BCUT2D eigenvalue weighted by Crippen LogP contribution is 2.09. The molecule has 0 rings (SSSR count). The third-order valence-electron chi connectivity index (χ3n) is 3.08. The third kappa shape index (κ3) is 15.3. The van der Waals surface area contributed by atoms with Crippen LogP contribution < -0.4 is 0 Å². The van der Waals surface area contributed by atoms with Gasteiger partial charge in [-0.15, -0.1) is 12.3 Å². The number of terminal acetylenes is 1. The molecular weight excluding hydrogens is 204 g/mol. The minimum absolute atomic E-state index is 0.961. The molecule has 0 aliphatic heterocycles. The molecule has 0 unspecified atom stereocenters. The molecule has 0 heterocycles. The van der Waals surface area contributed by atoms with Crippen LogP contribution in [0.3, 0.4) is 0 Å². The Morgan fingerprint density at radius 2 is 1.29 bits per heavy atom. The van der Waals surface area contributed by atoms with Gasteiger partial charge in [-0.3, -0.25) is 0 Å². The van der Waals surface area contributed by atoms with Gasteiger partial charge in [0.15, 0.2) is 0 Å². The molecule has 17 heavy (non-hydrogen) atoms. The largest absolute Gasteiger partial charge is 0.120 e. The van der Waals surface area contributed by atoms with Crippen molar-refractivity contribution >= 4 is 0 Å². The zero-order valence-corrected chi connectivity index (χ0v) is 11.7. The van der Waals surface area contributed by atoms with Gasteiger partial charge in [0.05, 0.1) is 0 Å². The Labute approximate surface area is 109 Å². The molecule has 0 amide bonds. The molecule has 0 aromatic rings. The fourth-order valence-corrected chi connectivity index (χ4v) is 1.93. The van der Waals surface area contributed by atoms with Crippen LogP contribution in [-0.4, -0.2) is 0 Å². The van der Waals surface area contributed by atoms with Gasteiger partial charge in [0.1, 0.15) is 0 Å². The summed E-state index contributed by atoms with van der Waals surface area (Å²) < 4.78 is 0. The first-order chi connectivity index (χ1) is 8.41. The summed E-state index contributed by atoms with van der Waals surface area (Å²) in [7, 11) is 0. The van der Waals surface area contributed by atoms with Crippen molar-refractivity contribution in [3.8, 4) is 12.3 Å². The van der Waals surface area contributed by atoms with Crippen molar-refractivity contribution in [3.05, 3.63) is 12.2 Å². The Kier molecular flexibility index (Phi) is 14.7. The second-order valence-corrected chi connectivity index (χ2v) is 4.83. The van der Waals surface area contributed by atoms with Gasteiger partial charge in [-0.1, -0.05) is 64.0 Å². The number of rotatable bonds is 12. The van der Waals surface area contributed by atoms with Gasteiger partial charge in [-0.05, 0) is 25.7 Å². The highest BCUT2D eigenvalue weighted by Gasteiger charge is 1.90. The van der Waals surface area contributed by atoms with Crippen LogP contribution >= 0.6 is 0 Å². The van der Waals surface area contributed by atoms with Gasteiger partial charge < -0.3 is 0 Å². The molecule has 98 valence electrons. The zero-order chi connectivity index (χ0) is 12.6. The summed E-state index contributed by atoms with van der Waals surface area (Å²) in [5, 5.41) is 0. The standard InChI is InChI=1S/C17H30/c1-3-5-7-9-11-13-15-17-16-14-12-10-8-6-4-2/h1,10,12H,4-9,11,13-17H2,2H3. The smallest absolute Gasteiger partial charge is 0.00860 e. The molecule has 0 N–H and O–H groups in total. The lowest BCUT2D eigenvalue weighted by molar-refractivity contribution is 0.585. The van der Waals surface area contributed by atoms with E-state index in [2.05, 4.69) is 25.0 Å². The van der Waals surface area contributed by atoms with Crippen molar-refractivity contribution in [2.45, 2.75) is 84.0 Å². The normalized spacial score (nSPS) is 10.8. The van der Waals surface area contributed by atoms with Gasteiger partial charge in [-0.2, -0.15) is 0 Å². The van der Waals surface area contributed by atoms with Crippen molar-refractivity contribution in [3.63, 3.8) is 0 Å². The number of allylic oxidation sites excluding steroid dienone is 2. The maximum absolute atomic E-state index is 5.21. The maximum atomic E-state index is 5.21. The Balaban J connectivity index is 2.98. The second kappa shape index (κ2) is 15.3. The highest BCUT2D eigenvalue weighted by molar-refractivity contribution is 4.82. The quantitative estimate of drug-likeness (QED) is 0.225. The molecule has 0 bridgehead atoms. The molecule has 0 aliphatic carbocycles. The molecule has 0 saturated heterocycles. The first-order valence-electron chi connectivity index (χ1n) is 7.50. The van der Waals surface area contributed by atoms with Gasteiger partial charge in [0.25, 0.3) is 0 Å². The Bertz CT molecular complexity index is 195. The number of hydrogen-bond donors (Lipinski definition) is 0. The molecule has 0 nitrogen and oxygen atoms in total. The molecule has 0 spiro atoms. The minimum Gasteiger partial charge on any atom is -0.120 e. The first-order valence-corrected chi connectivity index (χ1v) is 7.50. The van der Waals surface area contributed by atoms with Crippen molar-refractivity contribution in [2.24, 2.45) is 0 Å². The van der Waals surface area contributed by atoms with Crippen LogP contribution in [-0.2, 0) is 0 Å². The fourth-order valence-electron chi connectivity index (χ4n) is 1.93. The summed E-state index contributed by atoms with van der Waals surface area (Å²) >= 11 is 0. The molecule has 0 atom stereocenters. The van der Waals surface area contributed by atoms with Gasteiger partial charge in [0, 0.05) is 6.42 Å². The minimum atomic E-state index is 0.961. The highest BCUT2D eigenvalue weighted by atomic mass is 14.0. The molecule has 0 aliphatic rings. The lowest BCUT2D eigenvalue weighted by Crippen LogP contribution is -1.80. The van der Waals surface area contributed by atoms with Crippen molar-refractivity contribution in [1.82, 2.24) is 0 Å². The van der Waals surface area contributed by atoms with Crippen LogP contribution in [0.25, 0.3) is 0 Å². The monoisotopic (exact) mass is 234 g/mol. The first kappa shape index (κ1) is 16.3. The van der Waals surface area contributed by atoms with Gasteiger partial charge >= 0.3 is 0 Å². The van der Waals surface area contributed by atoms with Crippen LogP contribution in [0.1, 0.15) is 84.0 Å². The summed E-state index contributed by atoms with van der Waals surface area (Å²) in [6, 6.07) is 0. The van der Waals surface area contributed by atoms with Gasteiger partial charge in [0.2, 0.25) is 0 Å². The van der Waals surface area contributed by atoms with E-state index in [1.807, 2.05) is 0 Å². The molecular formula is C17H30. The maximum Gasteiger partial charge on any atom is 0.00860 e. The summed E-state index contributed by atoms with van der Waals surface area (Å²) in [5.41, 5.74) is 0. The number of unbranched alkanes of at least 4 members (excludes halogenated alkanes) is 10. The summed E-state index contributed by atoms with van der Waals surface area (Å²) in [5.74, 6) is 2.70. The van der Waals surface area contributed by atoms with E-state index >= 15 is 0 Å². The molecule has 0 radical (unpaired) electrons. The van der Waals surface area contributed by atoms with Gasteiger partial charge in [-0.25, -0.2) is 0 Å². The van der Waals surface area contributed by atoms with E-state index in [-0.39, 0.29) is 0 Å². The van der Waals surface area contributed by atoms with E-state index < -0.39 is 0 Å². The van der Waals surface area contributed by atoms with E-state index in [0.717, 1.165) is 6.42 Å². The van der Waals surface area contributed by atoms with E-state index in [4.69, 9.17) is 6.42 Å². The predicted molar refractivity (Wildman–Crippen MR) is 79.1 cm³/mol. The van der Waals surface area contributed by atoms with Crippen LogP contribution in [0.15, 0.2) is 12.2 Å². The molecule has 0 fully saturated rings.